The fraction of sp³-hybridized carbons (Fsp3) is 0.538. The summed E-state index contributed by atoms with van der Waals surface area (Å²) >= 11 is 0. The molecule has 1 atom stereocenters. The summed E-state index contributed by atoms with van der Waals surface area (Å²) in [6, 6.07) is 6.42. The largest absolute Gasteiger partial charge is 0.496 e. The Kier molecular flexibility index (Phi) is 4.77. The molecule has 3 heteroatoms. The molecule has 1 rings (SSSR count). The third kappa shape index (κ3) is 3.83. The Morgan fingerprint density at radius 3 is 2.56 bits per heavy atom. The fourth-order valence-electron chi connectivity index (χ4n) is 1.90. The second-order valence-corrected chi connectivity index (χ2v) is 4.53. The second-order valence-electron chi connectivity index (χ2n) is 4.53. The third-order valence-corrected chi connectivity index (χ3v) is 2.56. The SMILES string of the molecule is COc1ccc(CC(N)CN(C)C)cc1C. The molecule has 0 aromatic heterocycles. The van der Waals surface area contributed by atoms with E-state index in [0.29, 0.717) is 0 Å². The van der Waals surface area contributed by atoms with E-state index in [1.165, 1.54) is 5.56 Å². The smallest absolute Gasteiger partial charge is 0.121 e. The number of rotatable bonds is 5. The van der Waals surface area contributed by atoms with Crippen molar-refractivity contribution in [2.75, 3.05) is 27.7 Å². The molecule has 0 aliphatic rings. The van der Waals surface area contributed by atoms with Crippen LogP contribution in [0.25, 0.3) is 0 Å². The summed E-state index contributed by atoms with van der Waals surface area (Å²) in [6.07, 6.45) is 0.906. The molecule has 0 aliphatic heterocycles. The summed E-state index contributed by atoms with van der Waals surface area (Å²) in [7, 11) is 5.78. The van der Waals surface area contributed by atoms with Gasteiger partial charge in [0.1, 0.15) is 5.75 Å². The summed E-state index contributed by atoms with van der Waals surface area (Å²) in [5.41, 5.74) is 8.49. The van der Waals surface area contributed by atoms with Gasteiger partial charge in [0, 0.05) is 12.6 Å². The van der Waals surface area contributed by atoms with Crippen LogP contribution in [-0.2, 0) is 6.42 Å². The van der Waals surface area contributed by atoms with Crippen molar-refractivity contribution in [2.24, 2.45) is 5.73 Å². The minimum Gasteiger partial charge on any atom is -0.496 e. The van der Waals surface area contributed by atoms with Crippen LogP contribution >= 0.6 is 0 Å². The van der Waals surface area contributed by atoms with E-state index in [0.717, 1.165) is 24.3 Å². The first kappa shape index (κ1) is 13.0. The average molecular weight is 222 g/mol. The Morgan fingerprint density at radius 1 is 1.38 bits per heavy atom. The monoisotopic (exact) mass is 222 g/mol. The van der Waals surface area contributed by atoms with Crippen molar-refractivity contribution in [3.05, 3.63) is 29.3 Å². The minimum absolute atomic E-state index is 0.183. The average Bonchev–Trinajstić information content (AvgIpc) is 2.16. The van der Waals surface area contributed by atoms with Gasteiger partial charge in [-0.1, -0.05) is 12.1 Å². The lowest BCUT2D eigenvalue weighted by Gasteiger charge is -2.17. The number of nitrogens with zero attached hydrogens (tertiary/aromatic N) is 1. The molecule has 0 saturated carbocycles. The highest BCUT2D eigenvalue weighted by molar-refractivity contribution is 5.36. The van der Waals surface area contributed by atoms with Crippen LogP contribution in [0.1, 0.15) is 11.1 Å². The highest BCUT2D eigenvalue weighted by Crippen LogP contribution is 2.19. The molecule has 0 fully saturated rings. The standard InChI is InChI=1S/C13H22N2O/c1-10-7-11(5-6-13(10)16-4)8-12(14)9-15(2)3/h5-7,12H,8-9,14H2,1-4H3. The van der Waals surface area contributed by atoms with Gasteiger partial charge in [0.2, 0.25) is 0 Å². The van der Waals surface area contributed by atoms with Gasteiger partial charge in [-0.2, -0.15) is 0 Å². The van der Waals surface area contributed by atoms with Crippen LogP contribution in [0.15, 0.2) is 18.2 Å². The number of hydrogen-bond acceptors (Lipinski definition) is 3. The first-order valence-corrected chi connectivity index (χ1v) is 5.56. The molecule has 1 aromatic rings. The van der Waals surface area contributed by atoms with E-state index in [1.807, 2.05) is 20.2 Å². The second kappa shape index (κ2) is 5.87. The van der Waals surface area contributed by atoms with E-state index < -0.39 is 0 Å². The summed E-state index contributed by atoms with van der Waals surface area (Å²) in [6.45, 7) is 2.96. The van der Waals surface area contributed by atoms with Crippen LogP contribution in [0.3, 0.4) is 0 Å². The fourth-order valence-corrected chi connectivity index (χ4v) is 1.90. The Bertz CT molecular complexity index is 337. The molecule has 0 amide bonds. The predicted octanol–water partition coefficient (Wildman–Crippen LogP) is 1.44. The highest BCUT2D eigenvalue weighted by Gasteiger charge is 2.06. The summed E-state index contributed by atoms with van der Waals surface area (Å²) in [5.74, 6) is 0.935. The molecular formula is C13H22N2O. The maximum atomic E-state index is 6.05. The van der Waals surface area contributed by atoms with Gasteiger partial charge >= 0.3 is 0 Å². The lowest BCUT2D eigenvalue weighted by Crippen LogP contribution is -2.34. The number of ether oxygens (including phenoxy) is 1. The number of nitrogens with two attached hydrogens (primary N) is 1. The molecule has 0 radical (unpaired) electrons. The number of benzene rings is 1. The van der Waals surface area contributed by atoms with Gasteiger partial charge in [0.25, 0.3) is 0 Å². The van der Waals surface area contributed by atoms with Gasteiger partial charge < -0.3 is 15.4 Å². The molecular weight excluding hydrogens is 200 g/mol. The van der Waals surface area contributed by atoms with E-state index >= 15 is 0 Å². The Labute approximate surface area is 98.2 Å². The minimum atomic E-state index is 0.183. The molecule has 0 spiro atoms. The van der Waals surface area contributed by atoms with E-state index in [-0.39, 0.29) is 6.04 Å². The Balaban J connectivity index is 2.64. The van der Waals surface area contributed by atoms with Crippen molar-refractivity contribution in [3.63, 3.8) is 0 Å². The van der Waals surface area contributed by atoms with Gasteiger partial charge in [0.05, 0.1) is 7.11 Å². The lowest BCUT2D eigenvalue weighted by molar-refractivity contribution is 0.371. The van der Waals surface area contributed by atoms with Crippen LogP contribution in [0.2, 0.25) is 0 Å². The van der Waals surface area contributed by atoms with Crippen LogP contribution in [0, 0.1) is 6.92 Å². The lowest BCUT2D eigenvalue weighted by atomic mass is 10.0. The van der Waals surface area contributed by atoms with Crippen molar-refractivity contribution in [1.82, 2.24) is 4.90 Å². The van der Waals surface area contributed by atoms with E-state index in [2.05, 4.69) is 24.0 Å². The molecule has 90 valence electrons. The van der Waals surface area contributed by atoms with Gasteiger partial charge in [-0.15, -0.1) is 0 Å². The summed E-state index contributed by atoms with van der Waals surface area (Å²) in [4.78, 5) is 2.11. The first-order chi connectivity index (χ1) is 7.52. The maximum absolute atomic E-state index is 6.05. The summed E-state index contributed by atoms with van der Waals surface area (Å²) < 4.78 is 5.23. The Morgan fingerprint density at radius 2 is 2.06 bits per heavy atom. The number of hydrogen-bond donors (Lipinski definition) is 1. The molecule has 16 heavy (non-hydrogen) atoms. The van der Waals surface area contributed by atoms with Gasteiger partial charge in [-0.25, -0.2) is 0 Å². The van der Waals surface area contributed by atoms with Gasteiger partial charge in [-0.3, -0.25) is 0 Å². The van der Waals surface area contributed by atoms with Crippen LogP contribution in [-0.4, -0.2) is 38.7 Å². The van der Waals surface area contributed by atoms with Crippen LogP contribution in [0.5, 0.6) is 5.75 Å². The normalized spacial score (nSPS) is 12.9. The van der Waals surface area contributed by atoms with Crippen LogP contribution < -0.4 is 10.5 Å². The topological polar surface area (TPSA) is 38.5 Å². The van der Waals surface area contributed by atoms with Crippen molar-refractivity contribution in [2.45, 2.75) is 19.4 Å². The third-order valence-electron chi connectivity index (χ3n) is 2.56. The first-order valence-electron chi connectivity index (χ1n) is 5.56. The highest BCUT2D eigenvalue weighted by atomic mass is 16.5. The van der Waals surface area contributed by atoms with Crippen LogP contribution in [0.4, 0.5) is 0 Å². The molecule has 0 bridgehead atoms. The van der Waals surface area contributed by atoms with E-state index in [9.17, 15) is 0 Å². The zero-order chi connectivity index (χ0) is 12.1. The van der Waals surface area contributed by atoms with Crippen molar-refractivity contribution >= 4 is 0 Å². The van der Waals surface area contributed by atoms with Gasteiger partial charge in [0.15, 0.2) is 0 Å². The molecule has 3 nitrogen and oxygen atoms in total. The zero-order valence-corrected chi connectivity index (χ0v) is 10.7. The van der Waals surface area contributed by atoms with Crippen molar-refractivity contribution in [3.8, 4) is 5.75 Å². The zero-order valence-electron chi connectivity index (χ0n) is 10.7. The molecule has 1 aromatic carbocycles. The molecule has 0 aliphatic carbocycles. The maximum Gasteiger partial charge on any atom is 0.121 e. The number of likely N-dealkylation sites (N-methyl/N-ethyl adjacent to an activating group) is 1. The molecule has 0 heterocycles. The molecule has 0 saturated heterocycles. The van der Waals surface area contributed by atoms with E-state index in [4.69, 9.17) is 10.5 Å². The Hall–Kier alpha value is -1.06. The van der Waals surface area contributed by atoms with Crippen molar-refractivity contribution < 1.29 is 4.74 Å². The van der Waals surface area contributed by atoms with Gasteiger partial charge in [-0.05, 0) is 44.6 Å². The van der Waals surface area contributed by atoms with E-state index in [1.54, 1.807) is 7.11 Å². The quantitative estimate of drug-likeness (QED) is 0.819. The molecule has 1 unspecified atom stereocenters. The number of methoxy groups -OCH3 is 1. The molecule has 2 N–H and O–H groups in total. The predicted molar refractivity (Wildman–Crippen MR) is 68.0 cm³/mol. The number of aryl methyl sites for hydroxylation is 1. The summed E-state index contributed by atoms with van der Waals surface area (Å²) in [5, 5.41) is 0. The van der Waals surface area contributed by atoms with Crippen molar-refractivity contribution in [1.29, 1.82) is 0 Å².